The fourth-order valence-electron chi connectivity index (χ4n) is 18.1. The fourth-order valence-corrected chi connectivity index (χ4v) is 18.1. The number of hydrogen-bond acceptors (Lipinski definition) is 18. The summed E-state index contributed by atoms with van der Waals surface area (Å²) in [4.78, 5) is 140. The van der Waals surface area contributed by atoms with E-state index >= 15 is 0 Å². The number of allylic oxidation sites excluding steroid dienone is 2. The van der Waals surface area contributed by atoms with Crippen LogP contribution in [0.25, 0.3) is 0 Å². The predicted molar refractivity (Wildman–Crippen MR) is 623 cm³/mol. The second-order valence-corrected chi connectivity index (χ2v) is 41.1. The molecule has 0 aliphatic rings. The van der Waals surface area contributed by atoms with Crippen molar-refractivity contribution < 1.29 is 117 Å². The molecule has 0 aromatic heterocycles. The van der Waals surface area contributed by atoms with E-state index in [4.69, 9.17) is 59.1 Å². The maximum absolute atomic E-state index is 12.8. The van der Waals surface area contributed by atoms with Gasteiger partial charge >= 0.3 is 71.6 Å². The van der Waals surface area contributed by atoms with Gasteiger partial charge in [0.2, 0.25) is 0 Å². The smallest absolute Gasteiger partial charge is 0.306 e. The van der Waals surface area contributed by atoms with Crippen LogP contribution in [0.15, 0.2) is 24.3 Å². The lowest BCUT2D eigenvalue weighted by Gasteiger charge is -2.19. The van der Waals surface area contributed by atoms with Crippen LogP contribution in [-0.2, 0) is 86.0 Å². The van der Waals surface area contributed by atoms with Crippen LogP contribution in [0.1, 0.15) is 677 Å². The number of ether oxygens (including phenoxy) is 6. The molecule has 24 nitrogen and oxygen atoms in total. The summed E-state index contributed by atoms with van der Waals surface area (Å²) in [5.74, 6) is -6.17. The van der Waals surface area contributed by atoms with Crippen LogP contribution in [0.4, 0.5) is 0 Å². The molecule has 0 saturated heterocycles. The van der Waals surface area contributed by atoms with Gasteiger partial charge in [-0.15, -0.1) is 0 Å². The molecule has 890 valence electrons. The normalized spacial score (nSPS) is 12.1. The maximum atomic E-state index is 12.8. The highest BCUT2D eigenvalue weighted by Crippen LogP contribution is 2.27. The molecule has 0 rings (SSSR count). The summed E-state index contributed by atoms with van der Waals surface area (Å²) in [5, 5.41) is 52.4. The second-order valence-electron chi connectivity index (χ2n) is 41.1. The molecule has 0 aromatic rings. The Kier molecular flexibility index (Phi) is 136. The van der Waals surface area contributed by atoms with Crippen molar-refractivity contribution in [1.29, 1.82) is 0 Å². The molecule has 0 saturated carbocycles. The first kappa shape index (κ1) is 161. The van der Waals surface area contributed by atoms with Crippen LogP contribution in [0.3, 0.4) is 0 Å². The van der Waals surface area contributed by atoms with Crippen molar-refractivity contribution >= 4 is 71.6 Å². The minimum Gasteiger partial charge on any atom is -0.481 e. The van der Waals surface area contributed by atoms with Crippen LogP contribution in [-0.4, -0.2) is 139 Å². The highest BCUT2D eigenvalue weighted by molar-refractivity contribution is 5.79. The largest absolute Gasteiger partial charge is 0.481 e. The van der Waals surface area contributed by atoms with Gasteiger partial charge in [0, 0.05) is 51.4 Å². The molecule has 0 heterocycles. The Labute approximate surface area is 920 Å². The molecular weight excluding hydrogens is 1900 g/mol. The number of carbonyl (C=O) groups is 12. The number of carboxylic acid groups (broad SMARTS) is 6. The molecule has 6 atom stereocenters. The van der Waals surface area contributed by atoms with E-state index in [1.54, 1.807) is 0 Å². The minimum absolute atomic E-state index is 0. The number of hydrogen-bond donors (Lipinski definition) is 6. The molecule has 0 bridgehead atoms. The number of esters is 6. The van der Waals surface area contributed by atoms with Crippen LogP contribution in [0.5, 0.6) is 0 Å². The van der Waals surface area contributed by atoms with E-state index in [0.717, 1.165) is 437 Å². The highest BCUT2D eigenvalue weighted by Gasteiger charge is 2.24. The molecule has 24 heteroatoms. The average Bonchev–Trinajstić information content (AvgIpc) is 0.951. The number of carboxylic acids is 6. The van der Waals surface area contributed by atoms with Crippen molar-refractivity contribution in [3.8, 4) is 0 Å². The van der Waals surface area contributed by atoms with Crippen LogP contribution >= 0.6 is 0 Å². The molecule has 6 N–H and O–H groups in total. The van der Waals surface area contributed by atoms with Crippen LogP contribution in [0.2, 0.25) is 0 Å². The Morgan fingerprint density at radius 2 is 0.273 bits per heavy atom. The summed E-state index contributed by atoms with van der Waals surface area (Å²) in [7, 11) is 0. The lowest BCUT2D eigenvalue weighted by Crippen LogP contribution is -2.21. The van der Waals surface area contributed by atoms with Gasteiger partial charge in [-0.25, -0.2) is 0 Å². The van der Waals surface area contributed by atoms with Gasteiger partial charge in [-0.1, -0.05) is 419 Å². The van der Waals surface area contributed by atoms with Gasteiger partial charge in [-0.2, -0.15) is 0 Å². The Hall–Kier alpha value is -6.88. The Balaban J connectivity index is -0.000000278. The van der Waals surface area contributed by atoms with Crippen molar-refractivity contribution in [2.75, 3.05) is 0 Å². The number of carbonyl (C=O) groups excluding carboxylic acids is 6. The molecule has 3 unspecified atom stereocenters. The third-order valence-electron chi connectivity index (χ3n) is 27.0. The molecule has 0 spiro atoms. The summed E-state index contributed by atoms with van der Waals surface area (Å²) < 4.78 is 35.2. The molecule has 0 aliphatic carbocycles. The number of rotatable bonds is 109. The van der Waals surface area contributed by atoms with Crippen molar-refractivity contribution in [2.45, 2.75) is 713 Å². The highest BCUT2D eigenvalue weighted by atomic mass is 16.6. The third kappa shape index (κ3) is 130. The predicted octanol–water partition coefficient (Wildman–Crippen LogP) is 37.9. The second kappa shape index (κ2) is 127. The Bertz CT molecular complexity index is 2730. The van der Waals surface area contributed by atoms with Gasteiger partial charge in [0.1, 0.15) is 36.6 Å². The Morgan fingerprint density at radius 3 is 0.420 bits per heavy atom. The summed E-state index contributed by atoms with van der Waals surface area (Å²) in [5.41, 5.74) is 0. The standard InChI is InChI=1S/2C40H74O8.C40H70O8.6CH4/c3*1-3-5-7-21-27-35(29-23-17-13-9-11-15-19-25-31-37(41)42)47-39(45)33-34-40(46)48-36(28-22-8-6-4-2)30-24-18-14-10-12-16-20-26-32-38(43)44;;;;;;/h2*35-36H,3-34H2,1-2H3,(H,41,42)(H,43,44);17-18,23-24,35-36H,3-16,19-22,25-34H2,1-2H3,(H,41,42)(H,43,44);6*1H4/b;;23-17-,24-18-;;;;;;/t3*35-,36?;;;;;;/m111....../s1. The van der Waals surface area contributed by atoms with E-state index in [1.807, 2.05) is 0 Å². The molecule has 0 aliphatic heterocycles. The minimum atomic E-state index is -0.726. The molecule has 0 fully saturated rings. The maximum Gasteiger partial charge on any atom is 0.306 e. The van der Waals surface area contributed by atoms with Gasteiger partial charge < -0.3 is 59.1 Å². The van der Waals surface area contributed by atoms with Crippen molar-refractivity contribution in [3.63, 3.8) is 0 Å². The van der Waals surface area contributed by atoms with E-state index in [2.05, 4.69) is 65.8 Å². The number of unbranched alkanes of at least 4 members (excludes halogenated alkanes) is 56. The van der Waals surface area contributed by atoms with E-state index in [1.165, 1.54) is 64.2 Å². The quantitative estimate of drug-likeness (QED) is 0.0143. The van der Waals surface area contributed by atoms with E-state index in [0.29, 0.717) is 12.8 Å². The van der Waals surface area contributed by atoms with Gasteiger partial charge in [-0.05, 0) is 193 Å². The lowest BCUT2D eigenvalue weighted by molar-refractivity contribution is -0.156. The monoisotopic (exact) mass is 2140 g/mol. The van der Waals surface area contributed by atoms with Gasteiger partial charge in [-0.3, -0.25) is 57.5 Å². The first-order valence-electron chi connectivity index (χ1n) is 59.6. The van der Waals surface area contributed by atoms with E-state index < -0.39 is 35.8 Å². The Morgan fingerprint density at radius 1 is 0.153 bits per heavy atom. The summed E-state index contributed by atoms with van der Waals surface area (Å²) in [6, 6.07) is 0. The van der Waals surface area contributed by atoms with Crippen molar-refractivity contribution in [2.24, 2.45) is 0 Å². The van der Waals surface area contributed by atoms with Crippen molar-refractivity contribution in [3.05, 3.63) is 24.3 Å². The summed E-state index contributed by atoms with van der Waals surface area (Å²) >= 11 is 0. The van der Waals surface area contributed by atoms with Crippen LogP contribution < -0.4 is 0 Å². The molecule has 150 heavy (non-hydrogen) atoms. The topological polar surface area (TPSA) is 382 Å². The molecule has 0 radical (unpaired) electrons. The van der Waals surface area contributed by atoms with Gasteiger partial charge in [0.15, 0.2) is 0 Å². The van der Waals surface area contributed by atoms with Gasteiger partial charge in [0.25, 0.3) is 0 Å². The zero-order chi connectivity index (χ0) is 107. The SMILES string of the molecule is C.C.C.C.C.C.CCCCCCC(C/C=C\CCCCCCCC(=O)O)OC(=O)CCC(=O)O[C@@H](C/C=C\CCCCCCCC(=O)O)CCCCCC.CCCCCCC(CCCCCCCCCCC(=O)O)OC(=O)CCC(=O)O[C@H](CCCCCC)CCCCCCCCCCC(=O)O.CCCCCCC(CCCCCCCCCCC(=O)O)OC(=O)CCC(=O)O[C@H](CCCCCC)CCCCCCCCCCC(=O)O. The van der Waals surface area contributed by atoms with Gasteiger partial charge in [0.05, 0.1) is 38.5 Å². The molecule has 0 amide bonds. The first-order valence-corrected chi connectivity index (χ1v) is 59.6. The molecular formula is C126H242O24. The molecule has 0 aromatic carbocycles. The van der Waals surface area contributed by atoms with Crippen molar-refractivity contribution in [1.82, 2.24) is 0 Å². The van der Waals surface area contributed by atoms with E-state index in [9.17, 15) is 57.5 Å². The average molecular weight is 2140 g/mol. The summed E-state index contributed by atoms with van der Waals surface area (Å²) in [6.45, 7) is 13.1. The fraction of sp³-hybridized carbons (Fsp3) is 0.873. The zero-order valence-corrected chi connectivity index (χ0v) is 92.9. The lowest BCUT2D eigenvalue weighted by atomic mass is 10.0. The number of aliphatic carboxylic acids is 6. The van der Waals surface area contributed by atoms with Crippen LogP contribution in [0, 0.1) is 0 Å². The summed E-state index contributed by atoms with van der Waals surface area (Å²) in [6.07, 6.45) is 92.2. The van der Waals surface area contributed by atoms with E-state index in [-0.39, 0.29) is 194 Å². The first-order chi connectivity index (χ1) is 69.8. The zero-order valence-electron chi connectivity index (χ0n) is 92.9. The third-order valence-corrected chi connectivity index (χ3v) is 27.0.